The molecule has 7 nitrogen and oxygen atoms in total. The molecular formula is C29H34N2O5S. The number of benzene rings is 2. The molecule has 2 heterocycles. The summed E-state index contributed by atoms with van der Waals surface area (Å²) < 4.78 is 17.0. The number of hydrogen-bond acceptors (Lipinski definition) is 6. The zero-order valence-corrected chi connectivity index (χ0v) is 22.6. The maximum absolute atomic E-state index is 13.8. The van der Waals surface area contributed by atoms with Crippen LogP contribution >= 0.6 is 11.3 Å². The molecule has 4 rings (SSSR count). The van der Waals surface area contributed by atoms with Crippen LogP contribution in [0.15, 0.2) is 60.0 Å². The van der Waals surface area contributed by atoms with E-state index < -0.39 is 0 Å². The number of rotatable bonds is 10. The van der Waals surface area contributed by atoms with Gasteiger partial charge in [-0.2, -0.15) is 0 Å². The number of hydrogen-bond donors (Lipinski definition) is 0. The zero-order chi connectivity index (χ0) is 26.4. The van der Waals surface area contributed by atoms with Crippen LogP contribution in [-0.4, -0.2) is 61.6 Å². The Bertz CT molecular complexity index is 1230. The summed E-state index contributed by atoms with van der Waals surface area (Å²) in [5.41, 5.74) is 1.55. The molecule has 0 saturated carbocycles. The van der Waals surface area contributed by atoms with Gasteiger partial charge in [-0.25, -0.2) is 0 Å². The highest BCUT2D eigenvalue weighted by Crippen LogP contribution is 2.35. The van der Waals surface area contributed by atoms with Crippen molar-refractivity contribution in [2.24, 2.45) is 0 Å². The van der Waals surface area contributed by atoms with Crippen molar-refractivity contribution in [2.45, 2.75) is 38.8 Å². The lowest BCUT2D eigenvalue weighted by molar-refractivity contribution is -0.136. The fourth-order valence-corrected chi connectivity index (χ4v) is 5.57. The molecule has 196 valence electrons. The lowest BCUT2D eigenvalue weighted by atomic mass is 10.00. The molecule has 2 atom stereocenters. The van der Waals surface area contributed by atoms with E-state index in [-0.39, 0.29) is 30.4 Å². The van der Waals surface area contributed by atoms with E-state index in [9.17, 15) is 9.59 Å². The molecule has 0 saturated heterocycles. The quantitative estimate of drug-likeness (QED) is 0.366. The Morgan fingerprint density at radius 3 is 2.41 bits per heavy atom. The van der Waals surface area contributed by atoms with Gasteiger partial charge in [0.1, 0.15) is 18.9 Å². The SMILES string of the molecule is CC[C@@H](C)N(CC(=O)N1CCc2sccc2[C@H]1COc1ccccc1OC)C(=O)c1ccccc1OC. The second-order valence-corrected chi connectivity index (χ2v) is 10.0. The summed E-state index contributed by atoms with van der Waals surface area (Å²) in [4.78, 5) is 32.2. The van der Waals surface area contributed by atoms with Crippen LogP contribution in [0.4, 0.5) is 0 Å². The normalized spacial score (nSPS) is 15.5. The van der Waals surface area contributed by atoms with E-state index in [0.717, 1.165) is 18.4 Å². The average Bonchev–Trinajstić information content (AvgIpc) is 3.43. The van der Waals surface area contributed by atoms with Crippen molar-refractivity contribution in [3.63, 3.8) is 0 Å². The van der Waals surface area contributed by atoms with Gasteiger partial charge in [-0.05, 0) is 61.0 Å². The van der Waals surface area contributed by atoms with Crippen molar-refractivity contribution in [2.75, 3.05) is 33.9 Å². The Morgan fingerprint density at radius 1 is 1.03 bits per heavy atom. The summed E-state index contributed by atoms with van der Waals surface area (Å²) in [5.74, 6) is 1.46. The number of fused-ring (bicyclic) bond motifs is 1. The number of para-hydroxylation sites is 3. The zero-order valence-electron chi connectivity index (χ0n) is 21.8. The molecule has 2 aromatic carbocycles. The minimum atomic E-state index is -0.257. The summed E-state index contributed by atoms with van der Waals surface area (Å²) in [6.45, 7) is 4.83. The number of carbonyl (C=O) groups excluding carboxylic acids is 2. The van der Waals surface area contributed by atoms with Crippen LogP contribution in [0, 0.1) is 0 Å². The minimum absolute atomic E-state index is 0.0173. The smallest absolute Gasteiger partial charge is 0.258 e. The molecule has 8 heteroatoms. The van der Waals surface area contributed by atoms with E-state index in [0.29, 0.717) is 36.0 Å². The number of amides is 2. The first-order chi connectivity index (χ1) is 18.0. The second-order valence-electron chi connectivity index (χ2n) is 9.00. The van der Waals surface area contributed by atoms with Crippen LogP contribution < -0.4 is 14.2 Å². The summed E-state index contributed by atoms with van der Waals surface area (Å²) in [6.07, 6.45) is 1.51. The molecule has 0 aliphatic carbocycles. The van der Waals surface area contributed by atoms with Crippen LogP contribution in [0.5, 0.6) is 17.2 Å². The van der Waals surface area contributed by atoms with E-state index in [2.05, 4.69) is 11.4 Å². The third-order valence-corrected chi connectivity index (χ3v) is 7.90. The highest BCUT2D eigenvalue weighted by Gasteiger charge is 2.35. The first-order valence-electron chi connectivity index (χ1n) is 12.5. The van der Waals surface area contributed by atoms with Gasteiger partial charge < -0.3 is 24.0 Å². The van der Waals surface area contributed by atoms with E-state index in [1.54, 1.807) is 48.7 Å². The van der Waals surface area contributed by atoms with Crippen LogP contribution in [0.1, 0.15) is 47.1 Å². The van der Waals surface area contributed by atoms with Gasteiger partial charge in [-0.15, -0.1) is 11.3 Å². The van der Waals surface area contributed by atoms with Crippen molar-refractivity contribution in [1.82, 2.24) is 9.80 Å². The molecule has 2 amide bonds. The predicted molar refractivity (Wildman–Crippen MR) is 145 cm³/mol. The number of carbonyl (C=O) groups is 2. The molecule has 0 unspecified atom stereocenters. The maximum atomic E-state index is 13.8. The third-order valence-electron chi connectivity index (χ3n) is 6.91. The number of nitrogens with zero attached hydrogens (tertiary/aromatic N) is 2. The number of methoxy groups -OCH3 is 2. The summed E-state index contributed by atoms with van der Waals surface area (Å²) in [7, 11) is 3.15. The molecule has 3 aromatic rings. The monoisotopic (exact) mass is 522 g/mol. The van der Waals surface area contributed by atoms with Gasteiger partial charge in [0.15, 0.2) is 11.5 Å². The summed E-state index contributed by atoms with van der Waals surface area (Å²) in [6, 6.07) is 16.3. The Hall–Kier alpha value is -3.52. The molecule has 0 spiro atoms. The van der Waals surface area contributed by atoms with Gasteiger partial charge in [-0.1, -0.05) is 31.2 Å². The lowest BCUT2D eigenvalue weighted by Gasteiger charge is -2.38. The molecule has 1 aromatic heterocycles. The van der Waals surface area contributed by atoms with Gasteiger partial charge >= 0.3 is 0 Å². The van der Waals surface area contributed by atoms with E-state index in [1.165, 1.54) is 4.88 Å². The topological polar surface area (TPSA) is 68.3 Å². The van der Waals surface area contributed by atoms with E-state index in [4.69, 9.17) is 14.2 Å². The Balaban J connectivity index is 1.58. The molecule has 0 radical (unpaired) electrons. The molecular weight excluding hydrogens is 488 g/mol. The standard InChI is InChI=1S/C29H34N2O5S/c1-5-20(2)31(29(33)22-10-6-7-11-24(22)34-3)18-28(32)30-16-14-27-21(15-17-37-27)23(30)19-36-26-13-9-8-12-25(26)35-4/h6-13,15,17,20,23H,5,14,16,18-19H2,1-4H3/t20-,23-/m1/s1. The van der Waals surface area contributed by atoms with Gasteiger partial charge in [0.25, 0.3) is 5.91 Å². The average molecular weight is 523 g/mol. The van der Waals surface area contributed by atoms with Crippen molar-refractivity contribution < 1.29 is 23.8 Å². The second kappa shape index (κ2) is 12.1. The fraction of sp³-hybridized carbons (Fsp3) is 0.379. The van der Waals surface area contributed by atoms with Gasteiger partial charge in [0.2, 0.25) is 5.91 Å². The maximum Gasteiger partial charge on any atom is 0.258 e. The number of thiophene rings is 1. The molecule has 0 fully saturated rings. The van der Waals surface area contributed by atoms with Gasteiger partial charge in [0, 0.05) is 17.5 Å². The molecule has 0 N–H and O–H groups in total. The van der Waals surface area contributed by atoms with Crippen LogP contribution in [0.25, 0.3) is 0 Å². The van der Waals surface area contributed by atoms with Crippen molar-refractivity contribution in [3.8, 4) is 17.2 Å². The minimum Gasteiger partial charge on any atom is -0.496 e. The number of ether oxygens (including phenoxy) is 3. The molecule has 1 aliphatic heterocycles. The Morgan fingerprint density at radius 2 is 1.70 bits per heavy atom. The highest BCUT2D eigenvalue weighted by atomic mass is 32.1. The van der Waals surface area contributed by atoms with Crippen LogP contribution in [-0.2, 0) is 11.2 Å². The largest absolute Gasteiger partial charge is 0.496 e. The highest BCUT2D eigenvalue weighted by molar-refractivity contribution is 7.10. The Kier molecular flexibility index (Phi) is 8.71. The summed E-state index contributed by atoms with van der Waals surface area (Å²) >= 11 is 1.70. The van der Waals surface area contributed by atoms with Crippen molar-refractivity contribution in [3.05, 3.63) is 76.0 Å². The predicted octanol–water partition coefficient (Wildman–Crippen LogP) is 5.21. The van der Waals surface area contributed by atoms with Crippen LogP contribution in [0.3, 0.4) is 0 Å². The third kappa shape index (κ3) is 5.74. The fourth-order valence-electron chi connectivity index (χ4n) is 4.64. The van der Waals surface area contributed by atoms with Crippen molar-refractivity contribution >= 4 is 23.2 Å². The van der Waals surface area contributed by atoms with Gasteiger partial charge in [-0.3, -0.25) is 9.59 Å². The Labute approximate surface area is 222 Å². The van der Waals surface area contributed by atoms with Gasteiger partial charge in [0.05, 0.1) is 25.8 Å². The van der Waals surface area contributed by atoms with E-state index >= 15 is 0 Å². The molecule has 0 bridgehead atoms. The van der Waals surface area contributed by atoms with Crippen LogP contribution in [0.2, 0.25) is 0 Å². The summed E-state index contributed by atoms with van der Waals surface area (Å²) in [5, 5.41) is 2.06. The molecule has 1 aliphatic rings. The first-order valence-corrected chi connectivity index (χ1v) is 13.4. The van der Waals surface area contributed by atoms with E-state index in [1.807, 2.05) is 49.1 Å². The lowest BCUT2D eigenvalue weighted by Crippen LogP contribution is -2.50. The van der Waals surface area contributed by atoms with Crippen molar-refractivity contribution in [1.29, 1.82) is 0 Å². The first kappa shape index (κ1) is 26.5. The molecule has 37 heavy (non-hydrogen) atoms.